The number of ether oxygens (including phenoxy) is 1. The third kappa shape index (κ3) is 4.61. The molecule has 0 bridgehead atoms. The molecule has 0 unspecified atom stereocenters. The van der Waals surface area contributed by atoms with Gasteiger partial charge in [-0.25, -0.2) is 4.79 Å². The molecule has 2 rings (SSSR count). The molecule has 1 amide bonds. The number of nitrogen functional groups attached to an aromatic ring is 1. The Bertz CT molecular complexity index is 561. The average molecular weight is 346 g/mol. The molecule has 1 saturated heterocycles. The zero-order chi connectivity index (χ0) is 15.2. The van der Waals surface area contributed by atoms with Gasteiger partial charge in [-0.15, -0.1) is 10.2 Å². The van der Waals surface area contributed by atoms with E-state index in [1.54, 1.807) is 11.8 Å². The van der Waals surface area contributed by atoms with E-state index in [1.165, 1.54) is 40.9 Å². The highest BCUT2D eigenvalue weighted by molar-refractivity contribution is 8.04. The number of anilines is 1. The summed E-state index contributed by atoms with van der Waals surface area (Å²) in [5.74, 6) is 0.570. The fourth-order valence-electron chi connectivity index (χ4n) is 1.56. The minimum Gasteiger partial charge on any atom is -0.463 e. The zero-order valence-electron chi connectivity index (χ0n) is 11.3. The molecule has 10 heteroatoms. The van der Waals surface area contributed by atoms with Gasteiger partial charge in [0.2, 0.25) is 11.0 Å². The predicted molar refractivity (Wildman–Crippen MR) is 83.9 cm³/mol. The molecule has 2 N–H and O–H groups in total. The molecule has 1 fully saturated rings. The number of amides is 1. The molecule has 0 saturated carbocycles. The molecule has 0 spiro atoms. The Morgan fingerprint density at radius 1 is 1.57 bits per heavy atom. The van der Waals surface area contributed by atoms with Crippen molar-refractivity contribution >= 4 is 51.9 Å². The van der Waals surface area contributed by atoms with Gasteiger partial charge in [0, 0.05) is 12.3 Å². The Morgan fingerprint density at radius 3 is 3.05 bits per heavy atom. The number of carbonyl (C=O) groups is 2. The van der Waals surface area contributed by atoms with Crippen molar-refractivity contribution in [2.75, 3.05) is 30.4 Å². The standard InChI is InChI=1S/C11H14N4O3S3/c1-2-18-9(17)5-8-15(7(16)6-20-8)3-4-19-11-14-13-10(12)21-11/h5H,2-4,6H2,1H3,(H2,12,13). The predicted octanol–water partition coefficient (Wildman–Crippen LogP) is 1.19. The lowest BCUT2D eigenvalue weighted by Gasteiger charge is -2.15. The van der Waals surface area contributed by atoms with Crippen LogP contribution in [-0.4, -0.2) is 51.6 Å². The Kier molecular flexibility index (Phi) is 5.88. The van der Waals surface area contributed by atoms with Crippen molar-refractivity contribution in [1.29, 1.82) is 0 Å². The molecule has 0 atom stereocenters. The Hall–Kier alpha value is -1.26. The van der Waals surface area contributed by atoms with Gasteiger partial charge in [0.15, 0.2) is 4.34 Å². The topological polar surface area (TPSA) is 98.4 Å². The molecule has 1 aliphatic rings. The number of rotatable bonds is 6. The quantitative estimate of drug-likeness (QED) is 0.466. The second-order valence-electron chi connectivity index (χ2n) is 3.82. The normalized spacial score (nSPS) is 16.7. The van der Waals surface area contributed by atoms with Gasteiger partial charge in [-0.2, -0.15) is 0 Å². The largest absolute Gasteiger partial charge is 0.463 e. The first-order valence-corrected chi connectivity index (χ1v) is 8.92. The van der Waals surface area contributed by atoms with Crippen LogP contribution in [0.3, 0.4) is 0 Å². The number of aromatic nitrogens is 2. The van der Waals surface area contributed by atoms with Crippen LogP contribution in [0.4, 0.5) is 5.13 Å². The lowest BCUT2D eigenvalue weighted by Crippen LogP contribution is -2.27. The molecule has 114 valence electrons. The van der Waals surface area contributed by atoms with Crippen molar-refractivity contribution in [1.82, 2.24) is 15.1 Å². The summed E-state index contributed by atoms with van der Waals surface area (Å²) in [6, 6.07) is 0. The highest BCUT2D eigenvalue weighted by Gasteiger charge is 2.27. The van der Waals surface area contributed by atoms with Gasteiger partial charge in [0.05, 0.1) is 23.5 Å². The number of esters is 1. The highest BCUT2D eigenvalue weighted by Crippen LogP contribution is 2.30. The van der Waals surface area contributed by atoms with Crippen LogP contribution in [0.15, 0.2) is 15.4 Å². The van der Waals surface area contributed by atoms with Crippen LogP contribution in [0.5, 0.6) is 0 Å². The summed E-state index contributed by atoms with van der Waals surface area (Å²) in [5.41, 5.74) is 5.50. The van der Waals surface area contributed by atoms with Gasteiger partial charge in [0.25, 0.3) is 0 Å². The highest BCUT2D eigenvalue weighted by atomic mass is 32.2. The molecule has 21 heavy (non-hydrogen) atoms. The monoisotopic (exact) mass is 346 g/mol. The minimum absolute atomic E-state index is 0.00655. The maximum atomic E-state index is 11.8. The summed E-state index contributed by atoms with van der Waals surface area (Å²) in [5, 5.41) is 8.68. The number of thioether (sulfide) groups is 2. The van der Waals surface area contributed by atoms with Crippen LogP contribution < -0.4 is 5.73 Å². The smallest absolute Gasteiger partial charge is 0.333 e. The zero-order valence-corrected chi connectivity index (χ0v) is 13.7. The van der Waals surface area contributed by atoms with E-state index < -0.39 is 5.97 Å². The van der Waals surface area contributed by atoms with E-state index >= 15 is 0 Å². The van der Waals surface area contributed by atoms with Gasteiger partial charge in [0.1, 0.15) is 0 Å². The summed E-state index contributed by atoms with van der Waals surface area (Å²) in [4.78, 5) is 24.9. The fourth-order valence-corrected chi connectivity index (χ4v) is 4.14. The summed E-state index contributed by atoms with van der Waals surface area (Å²) >= 11 is 4.14. The van der Waals surface area contributed by atoms with Gasteiger partial charge in [-0.3, -0.25) is 4.79 Å². The molecule has 0 radical (unpaired) electrons. The lowest BCUT2D eigenvalue weighted by molar-refractivity contribution is -0.137. The van der Waals surface area contributed by atoms with Crippen molar-refractivity contribution in [3.63, 3.8) is 0 Å². The van der Waals surface area contributed by atoms with Gasteiger partial charge in [-0.05, 0) is 6.92 Å². The molecule has 1 aromatic rings. The molecule has 0 aromatic carbocycles. The average Bonchev–Trinajstić information content (AvgIpc) is 2.99. The first-order chi connectivity index (χ1) is 10.1. The van der Waals surface area contributed by atoms with Gasteiger partial charge >= 0.3 is 5.97 Å². The Balaban J connectivity index is 1.89. The van der Waals surface area contributed by atoms with Crippen molar-refractivity contribution in [2.45, 2.75) is 11.3 Å². The summed E-state index contributed by atoms with van der Waals surface area (Å²) in [7, 11) is 0. The second-order valence-corrected chi connectivity index (χ2v) is 7.17. The molecule has 0 aliphatic carbocycles. The maximum Gasteiger partial charge on any atom is 0.333 e. The van der Waals surface area contributed by atoms with E-state index in [1.807, 2.05) is 0 Å². The van der Waals surface area contributed by atoms with Crippen LogP contribution in [0, 0.1) is 0 Å². The molecule has 1 aromatic heterocycles. The third-order valence-electron chi connectivity index (χ3n) is 2.40. The maximum absolute atomic E-state index is 11.8. The molecular weight excluding hydrogens is 332 g/mol. The van der Waals surface area contributed by atoms with E-state index in [4.69, 9.17) is 10.5 Å². The lowest BCUT2D eigenvalue weighted by atomic mass is 10.5. The molecular formula is C11H14N4O3S3. The van der Waals surface area contributed by atoms with Gasteiger partial charge in [-0.1, -0.05) is 34.9 Å². The first-order valence-electron chi connectivity index (χ1n) is 6.13. The number of hydrogen-bond acceptors (Lipinski definition) is 9. The summed E-state index contributed by atoms with van der Waals surface area (Å²) in [6.07, 6.45) is 1.37. The van der Waals surface area contributed by atoms with E-state index in [2.05, 4.69) is 10.2 Å². The summed E-state index contributed by atoms with van der Waals surface area (Å²) < 4.78 is 5.63. The van der Waals surface area contributed by atoms with Crippen LogP contribution in [-0.2, 0) is 14.3 Å². The van der Waals surface area contributed by atoms with Crippen molar-refractivity contribution in [2.24, 2.45) is 0 Å². The number of nitrogens with zero attached hydrogens (tertiary/aromatic N) is 3. The molecule has 2 heterocycles. The van der Waals surface area contributed by atoms with E-state index in [0.717, 1.165) is 4.34 Å². The SMILES string of the molecule is CCOC(=O)C=C1SCC(=O)N1CCSc1nnc(N)s1. The number of carbonyl (C=O) groups excluding carboxylic acids is 2. The van der Waals surface area contributed by atoms with Crippen LogP contribution in [0.25, 0.3) is 0 Å². The minimum atomic E-state index is -0.427. The van der Waals surface area contributed by atoms with Crippen LogP contribution in [0.1, 0.15) is 6.92 Å². The van der Waals surface area contributed by atoms with E-state index in [0.29, 0.717) is 34.8 Å². The van der Waals surface area contributed by atoms with E-state index in [9.17, 15) is 9.59 Å². The van der Waals surface area contributed by atoms with Crippen molar-refractivity contribution < 1.29 is 14.3 Å². The van der Waals surface area contributed by atoms with Crippen LogP contribution >= 0.6 is 34.9 Å². The second kappa shape index (κ2) is 7.66. The molecule has 7 nitrogen and oxygen atoms in total. The van der Waals surface area contributed by atoms with Gasteiger partial charge < -0.3 is 15.4 Å². The molecule has 1 aliphatic heterocycles. The van der Waals surface area contributed by atoms with Crippen LogP contribution in [0.2, 0.25) is 0 Å². The third-order valence-corrected chi connectivity index (χ3v) is 5.29. The Morgan fingerprint density at radius 2 is 2.38 bits per heavy atom. The number of nitrogens with two attached hydrogens (primary N) is 1. The van der Waals surface area contributed by atoms with Crippen molar-refractivity contribution in [3.8, 4) is 0 Å². The first kappa shape index (κ1) is 16.1. The summed E-state index contributed by atoms with van der Waals surface area (Å²) in [6.45, 7) is 2.56. The number of hydrogen-bond donors (Lipinski definition) is 1. The Labute approximate surface area is 134 Å². The van der Waals surface area contributed by atoms with Crippen molar-refractivity contribution in [3.05, 3.63) is 11.1 Å². The van der Waals surface area contributed by atoms with E-state index in [-0.39, 0.29) is 5.91 Å². The fraction of sp³-hybridized carbons (Fsp3) is 0.455.